The van der Waals surface area contributed by atoms with Crippen LogP contribution in [0.5, 0.6) is 0 Å². The summed E-state index contributed by atoms with van der Waals surface area (Å²) in [7, 11) is -3.26. The van der Waals surface area contributed by atoms with Crippen LogP contribution in [0.15, 0.2) is 43.1 Å². The average molecular weight is 563 g/mol. The Morgan fingerprint density at radius 3 is 2.68 bits per heavy atom. The highest BCUT2D eigenvalue weighted by Gasteiger charge is 2.58. The number of sulfone groups is 1. The highest BCUT2D eigenvalue weighted by atomic mass is 35.5. The standard InChI is InChI=1S/C22H20ClFN8O5S/c1-25-21(35)17-15(33)16(34)22(38(17,36)37)32-9-29-14-19(28-8-13-5-11(23)2-3-27-13)30-18(31-20(14)32)10-4-12(24)7-26-6-10/h2-7,9,15-17,22,33-34H,8H2,1H3,(H,25,35)(H,28,30,31)/t15-,16+,17-,22+/m0/s1. The van der Waals surface area contributed by atoms with E-state index in [4.69, 9.17) is 11.6 Å². The minimum Gasteiger partial charge on any atom is -0.388 e. The van der Waals surface area contributed by atoms with Crippen molar-refractivity contribution < 1.29 is 27.8 Å². The predicted octanol–water partition coefficient (Wildman–Crippen LogP) is 0.451. The summed E-state index contributed by atoms with van der Waals surface area (Å²) in [6.45, 7) is 0.141. The van der Waals surface area contributed by atoms with E-state index in [1.54, 1.807) is 12.1 Å². The number of carbonyl (C=O) groups is 1. The number of carbonyl (C=O) groups excluding carboxylic acids is 1. The maximum atomic E-state index is 13.9. The van der Waals surface area contributed by atoms with Crippen LogP contribution in [-0.4, -0.2) is 78.5 Å². The van der Waals surface area contributed by atoms with Crippen LogP contribution in [0, 0.1) is 5.82 Å². The fraction of sp³-hybridized carbons (Fsp3) is 0.273. The van der Waals surface area contributed by atoms with Gasteiger partial charge in [0, 0.05) is 30.0 Å². The molecule has 0 unspecified atom stereocenters. The summed E-state index contributed by atoms with van der Waals surface area (Å²) in [6, 6.07) is 4.38. The molecule has 1 saturated heterocycles. The fourth-order valence-corrected chi connectivity index (χ4v) is 6.73. The third-order valence-corrected chi connectivity index (χ3v) is 8.64. The zero-order valence-electron chi connectivity index (χ0n) is 19.5. The van der Waals surface area contributed by atoms with Crippen LogP contribution in [0.25, 0.3) is 22.6 Å². The number of hydrogen-bond donors (Lipinski definition) is 4. The highest BCUT2D eigenvalue weighted by Crippen LogP contribution is 2.38. The van der Waals surface area contributed by atoms with Gasteiger partial charge in [-0.3, -0.25) is 19.3 Å². The average Bonchev–Trinajstić information content (AvgIpc) is 3.37. The number of amides is 1. The lowest BCUT2D eigenvalue weighted by Crippen LogP contribution is -2.43. The van der Waals surface area contributed by atoms with Crippen molar-refractivity contribution in [3.8, 4) is 11.4 Å². The Bertz CT molecular complexity index is 1650. The lowest BCUT2D eigenvalue weighted by atomic mass is 10.1. The zero-order chi connectivity index (χ0) is 27.2. The number of fused-ring (bicyclic) bond motifs is 1. The van der Waals surface area contributed by atoms with Gasteiger partial charge in [-0.25, -0.2) is 27.8 Å². The van der Waals surface area contributed by atoms with Crippen molar-refractivity contribution in [3.05, 3.63) is 59.7 Å². The van der Waals surface area contributed by atoms with Gasteiger partial charge in [0.2, 0.25) is 5.91 Å². The second-order valence-electron chi connectivity index (χ2n) is 8.43. The van der Waals surface area contributed by atoms with Crippen LogP contribution in [0.3, 0.4) is 0 Å². The molecule has 0 aliphatic carbocycles. The summed E-state index contributed by atoms with van der Waals surface area (Å²) in [5.74, 6) is -1.51. The number of halogens is 2. The summed E-state index contributed by atoms with van der Waals surface area (Å²) in [5, 5.41) is 23.2. The number of pyridine rings is 2. The van der Waals surface area contributed by atoms with Crippen molar-refractivity contribution in [2.75, 3.05) is 12.4 Å². The molecule has 0 bridgehead atoms. The van der Waals surface area contributed by atoms with Gasteiger partial charge in [-0.15, -0.1) is 0 Å². The van der Waals surface area contributed by atoms with E-state index in [2.05, 4.69) is 35.6 Å². The number of imidazole rings is 1. The number of rotatable bonds is 6. The lowest BCUT2D eigenvalue weighted by molar-refractivity contribution is -0.123. The second-order valence-corrected chi connectivity index (χ2v) is 11.0. The van der Waals surface area contributed by atoms with E-state index in [-0.39, 0.29) is 34.9 Å². The normalized spacial score (nSPS) is 22.4. The summed E-state index contributed by atoms with van der Waals surface area (Å²) < 4.78 is 41.6. The van der Waals surface area contributed by atoms with Gasteiger partial charge in [-0.1, -0.05) is 11.6 Å². The summed E-state index contributed by atoms with van der Waals surface area (Å²) >= 11 is 6.03. The van der Waals surface area contributed by atoms with Crippen LogP contribution >= 0.6 is 11.6 Å². The molecule has 1 fully saturated rings. The van der Waals surface area contributed by atoms with Gasteiger partial charge < -0.3 is 20.8 Å². The molecule has 1 amide bonds. The molecule has 198 valence electrons. The van der Waals surface area contributed by atoms with Crippen molar-refractivity contribution >= 4 is 44.3 Å². The Hall–Kier alpha value is -3.79. The number of hydrogen-bond acceptors (Lipinski definition) is 11. The van der Waals surface area contributed by atoms with Crippen molar-refractivity contribution in [1.82, 2.24) is 34.8 Å². The monoisotopic (exact) mass is 562 g/mol. The summed E-state index contributed by atoms with van der Waals surface area (Å²) in [4.78, 5) is 33.3. The fourth-order valence-electron chi connectivity index (χ4n) is 4.27. The molecule has 5 heterocycles. The Morgan fingerprint density at radius 2 is 1.97 bits per heavy atom. The van der Waals surface area contributed by atoms with Crippen molar-refractivity contribution in [2.45, 2.75) is 29.4 Å². The van der Waals surface area contributed by atoms with Crippen molar-refractivity contribution in [1.29, 1.82) is 0 Å². The number of nitrogens with zero attached hydrogens (tertiary/aromatic N) is 6. The lowest BCUT2D eigenvalue weighted by Gasteiger charge is -2.17. The Labute approximate surface area is 219 Å². The molecular weight excluding hydrogens is 543 g/mol. The van der Waals surface area contributed by atoms with Gasteiger partial charge in [0.15, 0.2) is 43.3 Å². The molecule has 0 aromatic carbocycles. The molecule has 4 atom stereocenters. The maximum Gasteiger partial charge on any atom is 0.240 e. The van der Waals surface area contributed by atoms with Gasteiger partial charge in [0.05, 0.1) is 24.8 Å². The van der Waals surface area contributed by atoms with E-state index in [9.17, 15) is 27.8 Å². The zero-order valence-corrected chi connectivity index (χ0v) is 21.1. The van der Waals surface area contributed by atoms with Crippen LogP contribution in [-0.2, 0) is 21.2 Å². The largest absolute Gasteiger partial charge is 0.388 e. The molecule has 1 aliphatic heterocycles. The number of anilines is 1. The van der Waals surface area contributed by atoms with E-state index in [0.717, 1.165) is 23.2 Å². The predicted molar refractivity (Wildman–Crippen MR) is 133 cm³/mol. The second kappa shape index (κ2) is 9.83. The van der Waals surface area contributed by atoms with Crippen LogP contribution < -0.4 is 10.6 Å². The molecule has 1 aliphatic rings. The van der Waals surface area contributed by atoms with Crippen molar-refractivity contribution in [3.63, 3.8) is 0 Å². The molecule has 0 radical (unpaired) electrons. The molecule has 0 saturated carbocycles. The molecule has 0 spiro atoms. The van der Waals surface area contributed by atoms with Crippen LogP contribution in [0.2, 0.25) is 5.02 Å². The van der Waals surface area contributed by atoms with E-state index >= 15 is 0 Å². The molecule has 16 heteroatoms. The van der Waals surface area contributed by atoms with Gasteiger partial charge >= 0.3 is 0 Å². The molecule has 38 heavy (non-hydrogen) atoms. The maximum absolute atomic E-state index is 13.9. The molecular formula is C22H20ClFN8O5S. The van der Waals surface area contributed by atoms with Crippen LogP contribution in [0.1, 0.15) is 11.1 Å². The van der Waals surface area contributed by atoms with E-state index < -0.39 is 44.4 Å². The van der Waals surface area contributed by atoms with Gasteiger partial charge in [-0.05, 0) is 18.2 Å². The van der Waals surface area contributed by atoms with Gasteiger partial charge in [0.1, 0.15) is 18.0 Å². The first-order chi connectivity index (χ1) is 18.1. The number of aliphatic hydroxyl groups is 2. The molecule has 4 aromatic rings. The van der Waals surface area contributed by atoms with E-state index in [1.165, 1.54) is 19.4 Å². The third kappa shape index (κ3) is 4.42. The topological polar surface area (TPSA) is 185 Å². The Morgan fingerprint density at radius 1 is 1.18 bits per heavy atom. The van der Waals surface area contributed by atoms with Crippen LogP contribution in [0.4, 0.5) is 10.2 Å². The first kappa shape index (κ1) is 25.8. The number of aliphatic hydroxyl groups excluding tert-OH is 2. The van der Waals surface area contributed by atoms with Crippen molar-refractivity contribution in [2.24, 2.45) is 0 Å². The first-order valence-electron chi connectivity index (χ1n) is 11.1. The molecule has 13 nitrogen and oxygen atoms in total. The summed E-state index contributed by atoms with van der Waals surface area (Å²) in [5.41, 5.74) is 0.795. The minimum absolute atomic E-state index is 0.0268. The molecule has 4 N–H and O–H groups in total. The molecule has 5 rings (SSSR count). The van der Waals surface area contributed by atoms with E-state index in [1.807, 2.05) is 0 Å². The minimum atomic E-state index is -4.48. The Kier molecular flexibility index (Phi) is 6.68. The Balaban J connectivity index is 1.65. The SMILES string of the molecule is CNC(=O)[C@@H]1[C@@H](O)[C@@H](O)[C@H](n2cnc3c(NCc4cc(Cl)ccn4)nc(-c4cncc(F)c4)nc32)S1(=O)=O. The first-order valence-corrected chi connectivity index (χ1v) is 13.1. The smallest absolute Gasteiger partial charge is 0.240 e. The third-order valence-electron chi connectivity index (χ3n) is 6.02. The van der Waals surface area contributed by atoms with Gasteiger partial charge in [0.25, 0.3) is 0 Å². The number of nitrogens with one attached hydrogen (secondary N) is 2. The summed E-state index contributed by atoms with van der Waals surface area (Å²) in [6.07, 6.45) is 1.18. The molecule has 4 aromatic heterocycles. The highest BCUT2D eigenvalue weighted by molar-refractivity contribution is 7.93. The number of aromatic nitrogens is 6. The van der Waals surface area contributed by atoms with E-state index in [0.29, 0.717) is 10.7 Å². The van der Waals surface area contributed by atoms with Gasteiger partial charge in [-0.2, -0.15) is 0 Å². The quantitative estimate of drug-likeness (QED) is 0.256.